The van der Waals surface area contributed by atoms with Crippen molar-refractivity contribution in [1.82, 2.24) is 0 Å². The molecule has 0 aliphatic carbocycles. The molecule has 0 rings (SSSR count). The van der Waals surface area contributed by atoms with E-state index in [0.29, 0.717) is 12.8 Å². The number of hydrogen-bond donors (Lipinski definition) is 4. The standard InChI is InChI=1S/2C18H36O2.2CH5N/c2*1-2-3-4-5-6-7-8-9-10-11-12-13-14-15-16-17-18(19)20;2*1-2/h2*2-17H2,1H3,(H,19,20);2*2H2,1H3. The Hall–Kier alpha value is -1.14. The van der Waals surface area contributed by atoms with Crippen LogP contribution in [0, 0.1) is 0 Å². The fourth-order valence-corrected chi connectivity index (χ4v) is 5.30. The van der Waals surface area contributed by atoms with Gasteiger partial charge in [0.05, 0.1) is 0 Å². The van der Waals surface area contributed by atoms with Crippen molar-refractivity contribution in [1.29, 1.82) is 0 Å². The number of carbonyl (C=O) groups is 2. The van der Waals surface area contributed by atoms with Gasteiger partial charge in [0.1, 0.15) is 0 Å². The number of carboxylic acids is 2. The van der Waals surface area contributed by atoms with Gasteiger partial charge in [-0.15, -0.1) is 0 Å². The van der Waals surface area contributed by atoms with E-state index in [0.717, 1.165) is 25.7 Å². The molecule has 0 amide bonds. The zero-order valence-corrected chi connectivity index (χ0v) is 30.5. The third-order valence-electron chi connectivity index (χ3n) is 7.99. The van der Waals surface area contributed by atoms with Crippen LogP contribution in [0.5, 0.6) is 0 Å². The van der Waals surface area contributed by atoms with Gasteiger partial charge in [0.15, 0.2) is 0 Å². The van der Waals surface area contributed by atoms with Crippen molar-refractivity contribution in [3.05, 3.63) is 0 Å². The number of nitrogens with two attached hydrogens (primary N) is 2. The third-order valence-corrected chi connectivity index (χ3v) is 7.99. The highest BCUT2D eigenvalue weighted by Crippen LogP contribution is 2.15. The van der Waals surface area contributed by atoms with Gasteiger partial charge < -0.3 is 21.7 Å². The van der Waals surface area contributed by atoms with Gasteiger partial charge in [-0.1, -0.05) is 194 Å². The van der Waals surface area contributed by atoms with Gasteiger partial charge in [0, 0.05) is 12.8 Å². The molecule has 0 aliphatic rings. The number of aliphatic carboxylic acids is 2. The predicted octanol–water partition coefficient (Wildman–Crippen LogP) is 11.8. The molecule has 0 heterocycles. The Morgan fingerprint density at radius 3 is 0.591 bits per heavy atom. The molecule has 0 unspecified atom stereocenters. The van der Waals surface area contributed by atoms with Crippen LogP contribution in [0.2, 0.25) is 0 Å². The summed E-state index contributed by atoms with van der Waals surface area (Å²) in [6.45, 7) is 4.54. The molecule has 0 saturated heterocycles. The molecule has 268 valence electrons. The van der Waals surface area contributed by atoms with Crippen molar-refractivity contribution >= 4 is 11.9 Å². The van der Waals surface area contributed by atoms with E-state index in [4.69, 9.17) is 10.2 Å². The Morgan fingerprint density at radius 2 is 0.455 bits per heavy atom. The van der Waals surface area contributed by atoms with E-state index in [2.05, 4.69) is 25.3 Å². The average Bonchev–Trinajstić information content (AvgIpc) is 3.03. The lowest BCUT2D eigenvalue weighted by Gasteiger charge is -2.03. The van der Waals surface area contributed by atoms with Gasteiger partial charge in [-0.05, 0) is 26.9 Å². The molecule has 6 heteroatoms. The summed E-state index contributed by atoms with van der Waals surface area (Å²) in [7, 11) is 3.00. The first-order valence-corrected chi connectivity index (χ1v) is 19.1. The molecule has 44 heavy (non-hydrogen) atoms. The SMILES string of the molecule is CCCCCCCCCCCCCCCCCC(=O)O.CCCCCCCCCCCCCCCCCC(=O)O.CN.CN. The van der Waals surface area contributed by atoms with Gasteiger partial charge in [0.2, 0.25) is 0 Å². The largest absolute Gasteiger partial charge is 0.481 e. The van der Waals surface area contributed by atoms with Crippen molar-refractivity contribution < 1.29 is 19.8 Å². The fourth-order valence-electron chi connectivity index (χ4n) is 5.30. The van der Waals surface area contributed by atoms with E-state index in [9.17, 15) is 9.59 Å². The topological polar surface area (TPSA) is 127 Å². The van der Waals surface area contributed by atoms with Crippen molar-refractivity contribution in [2.45, 2.75) is 219 Å². The van der Waals surface area contributed by atoms with Crippen LogP contribution < -0.4 is 11.5 Å². The van der Waals surface area contributed by atoms with Crippen LogP contribution in [-0.2, 0) is 9.59 Å². The number of unbranched alkanes of at least 4 members (excludes halogenated alkanes) is 28. The molecule has 6 N–H and O–H groups in total. The Bertz CT molecular complexity index is 459. The molecule has 0 aromatic carbocycles. The summed E-state index contributed by atoms with van der Waals surface area (Å²) in [5, 5.41) is 17.0. The summed E-state index contributed by atoms with van der Waals surface area (Å²) in [5.74, 6) is -1.31. The Morgan fingerprint density at radius 1 is 0.318 bits per heavy atom. The Balaban J connectivity index is -0.000000326. The maximum atomic E-state index is 10.3. The Labute approximate surface area is 276 Å². The molecule has 0 spiro atoms. The second-order valence-electron chi connectivity index (χ2n) is 12.2. The maximum absolute atomic E-state index is 10.3. The molecule has 0 fully saturated rings. The van der Waals surface area contributed by atoms with Gasteiger partial charge in [-0.25, -0.2) is 0 Å². The molecule has 0 bridgehead atoms. The van der Waals surface area contributed by atoms with E-state index in [1.54, 1.807) is 0 Å². The quantitative estimate of drug-likeness (QED) is 0.0548. The number of hydrogen-bond acceptors (Lipinski definition) is 4. The van der Waals surface area contributed by atoms with E-state index >= 15 is 0 Å². The molecule has 0 atom stereocenters. The molecule has 0 aliphatic heterocycles. The molecule has 0 saturated carbocycles. The van der Waals surface area contributed by atoms with Crippen molar-refractivity contribution in [3.63, 3.8) is 0 Å². The van der Waals surface area contributed by atoms with Gasteiger partial charge in [-0.2, -0.15) is 0 Å². The summed E-state index contributed by atoms with van der Waals surface area (Å²) >= 11 is 0. The second kappa shape index (κ2) is 51.4. The van der Waals surface area contributed by atoms with Gasteiger partial charge in [-0.3, -0.25) is 9.59 Å². The van der Waals surface area contributed by atoms with E-state index in [1.807, 2.05) is 0 Å². The number of carboxylic acid groups (broad SMARTS) is 2. The summed E-state index contributed by atoms with van der Waals surface area (Å²) in [4.78, 5) is 20.7. The van der Waals surface area contributed by atoms with Crippen molar-refractivity contribution in [2.24, 2.45) is 11.5 Å². The molecule has 0 radical (unpaired) electrons. The smallest absolute Gasteiger partial charge is 0.303 e. The second-order valence-corrected chi connectivity index (χ2v) is 12.2. The monoisotopic (exact) mass is 631 g/mol. The van der Waals surface area contributed by atoms with Crippen molar-refractivity contribution in [2.75, 3.05) is 14.1 Å². The minimum atomic E-state index is -0.653. The summed E-state index contributed by atoms with van der Waals surface area (Å²) in [6.07, 6.45) is 40.4. The van der Waals surface area contributed by atoms with Gasteiger partial charge in [0.25, 0.3) is 0 Å². The lowest BCUT2D eigenvalue weighted by molar-refractivity contribution is -0.138. The average molecular weight is 631 g/mol. The van der Waals surface area contributed by atoms with Crippen molar-refractivity contribution in [3.8, 4) is 0 Å². The first-order chi connectivity index (χ1) is 21.5. The zero-order valence-electron chi connectivity index (χ0n) is 30.5. The Kier molecular flexibility index (Phi) is 58.1. The minimum absolute atomic E-state index is 0.345. The van der Waals surface area contributed by atoms with Crippen LogP contribution in [0.25, 0.3) is 0 Å². The van der Waals surface area contributed by atoms with Crippen LogP contribution in [0.4, 0.5) is 0 Å². The molecule has 0 aromatic rings. The van der Waals surface area contributed by atoms with E-state index in [-0.39, 0.29) is 0 Å². The third kappa shape index (κ3) is 60.1. The highest BCUT2D eigenvalue weighted by molar-refractivity contribution is 5.66. The molecular formula is C38H82N2O4. The first-order valence-electron chi connectivity index (χ1n) is 19.1. The lowest BCUT2D eigenvalue weighted by Crippen LogP contribution is -1.93. The fraction of sp³-hybridized carbons (Fsp3) is 0.947. The normalized spacial score (nSPS) is 10.1. The molecule has 6 nitrogen and oxygen atoms in total. The zero-order chi connectivity index (χ0) is 33.8. The molecule has 0 aromatic heterocycles. The summed E-state index contributed by atoms with van der Waals surface area (Å²) in [6, 6.07) is 0. The van der Waals surface area contributed by atoms with E-state index in [1.165, 1.54) is 181 Å². The van der Waals surface area contributed by atoms with Crippen LogP contribution in [0.15, 0.2) is 0 Å². The van der Waals surface area contributed by atoms with Gasteiger partial charge >= 0.3 is 11.9 Å². The lowest BCUT2D eigenvalue weighted by atomic mass is 10.0. The van der Waals surface area contributed by atoms with Crippen LogP contribution in [0.3, 0.4) is 0 Å². The van der Waals surface area contributed by atoms with Crippen LogP contribution in [0.1, 0.15) is 219 Å². The van der Waals surface area contributed by atoms with Crippen LogP contribution in [-0.4, -0.2) is 36.2 Å². The first kappa shape index (κ1) is 49.7. The maximum Gasteiger partial charge on any atom is 0.303 e. The van der Waals surface area contributed by atoms with E-state index < -0.39 is 11.9 Å². The number of rotatable bonds is 32. The van der Waals surface area contributed by atoms with Crippen LogP contribution >= 0.6 is 0 Å². The summed E-state index contributed by atoms with van der Waals surface area (Å²) in [5.41, 5.74) is 9.00. The highest BCUT2D eigenvalue weighted by atomic mass is 16.4. The summed E-state index contributed by atoms with van der Waals surface area (Å²) < 4.78 is 0. The molecular weight excluding hydrogens is 548 g/mol. The minimum Gasteiger partial charge on any atom is -0.481 e. The highest BCUT2D eigenvalue weighted by Gasteiger charge is 1.98. The predicted molar refractivity (Wildman–Crippen MR) is 195 cm³/mol.